The number of unbranched alkanes of at least 4 members (excludes halogenated alkanes) is 2. The molecule has 1 aliphatic heterocycles. The zero-order valence-corrected chi connectivity index (χ0v) is 17.0. The molecule has 146 valence electrons. The molecule has 1 saturated heterocycles. The van der Waals surface area contributed by atoms with Crippen molar-refractivity contribution in [3.63, 3.8) is 0 Å². The predicted molar refractivity (Wildman–Crippen MR) is 102 cm³/mol. The minimum Gasteiger partial charge on any atom is -0.380 e. The number of rotatable bonds is 10. The molecule has 0 saturated carbocycles. The average molecular weight is 347 g/mol. The van der Waals surface area contributed by atoms with E-state index in [1.807, 2.05) is 13.8 Å². The Kier molecular flexibility index (Phi) is 21.7. The van der Waals surface area contributed by atoms with Crippen molar-refractivity contribution >= 4 is 6.41 Å². The number of carbonyl (C=O) groups excluding carboxylic acids is 1. The van der Waals surface area contributed by atoms with Gasteiger partial charge in [-0.2, -0.15) is 0 Å². The zero-order valence-electron chi connectivity index (χ0n) is 17.0. The van der Waals surface area contributed by atoms with Gasteiger partial charge in [0.05, 0.1) is 19.3 Å². The van der Waals surface area contributed by atoms with Crippen LogP contribution in [0.3, 0.4) is 0 Å². The zero-order chi connectivity index (χ0) is 18.6. The van der Waals surface area contributed by atoms with Gasteiger partial charge in [0, 0.05) is 32.8 Å². The number of amides is 1. The van der Waals surface area contributed by atoms with Crippen molar-refractivity contribution in [2.75, 3.05) is 46.0 Å². The van der Waals surface area contributed by atoms with Crippen LogP contribution in [0.2, 0.25) is 0 Å². The molecule has 1 fully saturated rings. The molecule has 1 aliphatic rings. The van der Waals surface area contributed by atoms with Gasteiger partial charge in [0.1, 0.15) is 0 Å². The van der Waals surface area contributed by atoms with E-state index in [0.717, 1.165) is 58.2 Å². The van der Waals surface area contributed by atoms with Gasteiger partial charge in [-0.3, -0.25) is 9.69 Å². The van der Waals surface area contributed by atoms with Crippen molar-refractivity contribution in [3.8, 4) is 0 Å². The van der Waals surface area contributed by atoms with E-state index in [0.29, 0.717) is 6.54 Å². The number of morpholine rings is 1. The lowest BCUT2D eigenvalue weighted by Gasteiger charge is -2.32. The van der Waals surface area contributed by atoms with Crippen molar-refractivity contribution in [2.45, 2.75) is 66.9 Å². The number of nitrogens with zero attached hydrogens (tertiary/aromatic N) is 1. The lowest BCUT2D eigenvalue weighted by atomic mass is 10.2. The van der Waals surface area contributed by atoms with Crippen LogP contribution in [0.1, 0.15) is 60.8 Å². The summed E-state index contributed by atoms with van der Waals surface area (Å²) in [7, 11) is 0. The van der Waals surface area contributed by atoms with Crippen LogP contribution in [-0.4, -0.2) is 63.4 Å². The Hall–Kier alpha value is -0.650. The highest BCUT2D eigenvalue weighted by molar-refractivity contribution is 5.45. The lowest BCUT2D eigenvalue weighted by Crippen LogP contribution is -2.47. The van der Waals surface area contributed by atoms with Crippen LogP contribution in [0.15, 0.2) is 0 Å². The summed E-state index contributed by atoms with van der Waals surface area (Å²) in [5.74, 6) is 0.833. The molecule has 5 heteroatoms. The molecule has 1 N–H and O–H groups in total. The van der Waals surface area contributed by atoms with E-state index in [1.54, 1.807) is 0 Å². The van der Waals surface area contributed by atoms with Crippen LogP contribution < -0.4 is 5.32 Å². The van der Waals surface area contributed by atoms with Gasteiger partial charge in [-0.05, 0) is 12.3 Å². The Morgan fingerprint density at radius 3 is 2.50 bits per heavy atom. The van der Waals surface area contributed by atoms with E-state index < -0.39 is 0 Å². The summed E-state index contributed by atoms with van der Waals surface area (Å²) in [6, 6.07) is 0. The molecule has 5 nitrogen and oxygen atoms in total. The van der Waals surface area contributed by atoms with Crippen LogP contribution in [-0.2, 0) is 14.3 Å². The Balaban J connectivity index is 0. The fraction of sp³-hybridized carbons (Fsp3) is 0.947. The van der Waals surface area contributed by atoms with Gasteiger partial charge in [0.25, 0.3) is 0 Å². The molecule has 1 atom stereocenters. The van der Waals surface area contributed by atoms with Gasteiger partial charge in [0.2, 0.25) is 6.41 Å². The van der Waals surface area contributed by atoms with E-state index in [9.17, 15) is 4.79 Å². The molecular formula is C19H42N2O3. The molecule has 1 unspecified atom stereocenters. The molecule has 0 spiro atoms. The predicted octanol–water partition coefficient (Wildman–Crippen LogP) is 3.33. The normalized spacial score (nSPS) is 17.4. The van der Waals surface area contributed by atoms with Crippen LogP contribution in [0.25, 0.3) is 0 Å². The second-order valence-electron chi connectivity index (χ2n) is 6.37. The summed E-state index contributed by atoms with van der Waals surface area (Å²) in [4.78, 5) is 12.6. The standard InChI is InChI=1S/C13H26N2O3.C4H10.C2H6/c1-2-3-4-7-17-8-5-15-6-9-18-13(11-15)10-14-12-16;1-4(2)3;1-2/h12-13H,2-11H2,1H3,(H,14,16);4H,1-3H3;1-2H3. The first kappa shape index (κ1) is 25.6. The summed E-state index contributed by atoms with van der Waals surface area (Å²) >= 11 is 0. The minimum atomic E-state index is 0.115. The first-order valence-electron chi connectivity index (χ1n) is 9.68. The third-order valence-corrected chi connectivity index (χ3v) is 3.10. The van der Waals surface area contributed by atoms with Crippen LogP contribution in [0, 0.1) is 5.92 Å². The van der Waals surface area contributed by atoms with E-state index in [-0.39, 0.29) is 6.10 Å². The van der Waals surface area contributed by atoms with Gasteiger partial charge in [-0.15, -0.1) is 0 Å². The van der Waals surface area contributed by atoms with E-state index >= 15 is 0 Å². The topological polar surface area (TPSA) is 50.8 Å². The number of nitrogens with one attached hydrogen (secondary N) is 1. The summed E-state index contributed by atoms with van der Waals surface area (Å²) in [5.41, 5.74) is 0. The minimum absolute atomic E-state index is 0.115. The van der Waals surface area contributed by atoms with Gasteiger partial charge < -0.3 is 14.8 Å². The first-order chi connectivity index (χ1) is 11.6. The average Bonchev–Trinajstić information content (AvgIpc) is 2.58. The fourth-order valence-electron chi connectivity index (χ4n) is 2.04. The second kappa shape index (κ2) is 20.4. The monoisotopic (exact) mass is 346 g/mol. The highest BCUT2D eigenvalue weighted by Gasteiger charge is 2.19. The van der Waals surface area contributed by atoms with Gasteiger partial charge in [-0.1, -0.05) is 54.4 Å². The van der Waals surface area contributed by atoms with Crippen LogP contribution >= 0.6 is 0 Å². The molecule has 0 radical (unpaired) electrons. The lowest BCUT2D eigenvalue weighted by molar-refractivity contribution is -0.110. The molecule has 24 heavy (non-hydrogen) atoms. The van der Waals surface area contributed by atoms with Crippen molar-refractivity contribution in [1.82, 2.24) is 10.2 Å². The summed E-state index contributed by atoms with van der Waals surface area (Å²) in [6.07, 6.45) is 4.48. The number of ether oxygens (including phenoxy) is 2. The third kappa shape index (κ3) is 19.4. The molecule has 1 rings (SSSR count). The maximum Gasteiger partial charge on any atom is 0.207 e. The van der Waals surface area contributed by atoms with E-state index in [1.165, 1.54) is 12.8 Å². The first-order valence-corrected chi connectivity index (χ1v) is 9.68. The quantitative estimate of drug-likeness (QED) is 0.487. The highest BCUT2D eigenvalue weighted by Crippen LogP contribution is 2.04. The molecule has 0 aromatic carbocycles. The highest BCUT2D eigenvalue weighted by atomic mass is 16.5. The summed E-state index contributed by atoms with van der Waals surface area (Å²) in [5, 5.41) is 2.67. The Labute approximate surface area is 150 Å². The van der Waals surface area contributed by atoms with Gasteiger partial charge >= 0.3 is 0 Å². The summed E-state index contributed by atoms with van der Waals surface area (Å²) in [6.45, 7) is 18.5. The van der Waals surface area contributed by atoms with Crippen molar-refractivity contribution in [2.24, 2.45) is 5.92 Å². The van der Waals surface area contributed by atoms with Crippen LogP contribution in [0.4, 0.5) is 0 Å². The Morgan fingerprint density at radius 1 is 1.25 bits per heavy atom. The van der Waals surface area contributed by atoms with E-state index in [4.69, 9.17) is 9.47 Å². The Morgan fingerprint density at radius 2 is 1.92 bits per heavy atom. The smallest absolute Gasteiger partial charge is 0.207 e. The van der Waals surface area contributed by atoms with Gasteiger partial charge in [0.15, 0.2) is 0 Å². The number of hydrogen-bond donors (Lipinski definition) is 1. The fourth-order valence-corrected chi connectivity index (χ4v) is 2.04. The number of carbonyl (C=O) groups is 1. The molecule has 0 aromatic rings. The molecule has 0 bridgehead atoms. The maximum atomic E-state index is 10.2. The van der Waals surface area contributed by atoms with Crippen LogP contribution in [0.5, 0.6) is 0 Å². The van der Waals surface area contributed by atoms with Crippen molar-refractivity contribution < 1.29 is 14.3 Å². The second-order valence-corrected chi connectivity index (χ2v) is 6.37. The third-order valence-electron chi connectivity index (χ3n) is 3.10. The SMILES string of the molecule is CC.CC(C)C.CCCCCOCCN1CCOC(CNC=O)C1. The molecule has 0 aromatic heterocycles. The largest absolute Gasteiger partial charge is 0.380 e. The Bertz CT molecular complexity index is 248. The molecule has 1 amide bonds. The molecule has 0 aliphatic carbocycles. The number of hydrogen-bond acceptors (Lipinski definition) is 4. The van der Waals surface area contributed by atoms with Crippen molar-refractivity contribution in [3.05, 3.63) is 0 Å². The molecule has 1 heterocycles. The van der Waals surface area contributed by atoms with E-state index in [2.05, 4.69) is 37.9 Å². The summed E-state index contributed by atoms with van der Waals surface area (Å²) < 4.78 is 11.2. The van der Waals surface area contributed by atoms with Crippen molar-refractivity contribution in [1.29, 1.82) is 0 Å². The molecular weight excluding hydrogens is 304 g/mol. The maximum absolute atomic E-state index is 10.2. The van der Waals surface area contributed by atoms with Gasteiger partial charge in [-0.25, -0.2) is 0 Å².